The summed E-state index contributed by atoms with van der Waals surface area (Å²) in [6, 6.07) is 8.44. The summed E-state index contributed by atoms with van der Waals surface area (Å²) >= 11 is 3.34. The number of nitrogens with one attached hydrogen (secondary N) is 1. The van der Waals surface area contributed by atoms with Gasteiger partial charge in [0.25, 0.3) is 0 Å². The second-order valence-electron chi connectivity index (χ2n) is 4.44. The third-order valence-corrected chi connectivity index (χ3v) is 3.39. The molecule has 0 saturated heterocycles. The summed E-state index contributed by atoms with van der Waals surface area (Å²) < 4.78 is 32.3. The number of aliphatic hydroxyl groups excluding tert-OH is 1. The summed E-state index contributed by atoms with van der Waals surface area (Å²) in [6.45, 7) is 0.0855. The average Bonchev–Trinajstić information content (AvgIpc) is 2.44. The van der Waals surface area contributed by atoms with E-state index in [2.05, 4.69) is 21.2 Å². The van der Waals surface area contributed by atoms with Gasteiger partial charge in [-0.1, -0.05) is 22.0 Å². The molecule has 2 rings (SSSR count). The molecule has 0 amide bonds. The maximum Gasteiger partial charge on any atom is 0.131 e. The van der Waals surface area contributed by atoms with Gasteiger partial charge in [-0.05, 0) is 18.2 Å². The van der Waals surface area contributed by atoms with E-state index in [-0.39, 0.29) is 12.1 Å². The van der Waals surface area contributed by atoms with Crippen LogP contribution in [0.25, 0.3) is 0 Å². The Morgan fingerprint density at radius 3 is 2.67 bits per heavy atom. The lowest BCUT2D eigenvalue weighted by atomic mass is 10.1. The van der Waals surface area contributed by atoms with E-state index in [1.807, 2.05) is 0 Å². The molecular formula is C15H14BrF2NO2. The third kappa shape index (κ3) is 4.15. The summed E-state index contributed by atoms with van der Waals surface area (Å²) in [5, 5.41) is 13.0. The smallest absolute Gasteiger partial charge is 0.131 e. The fourth-order valence-corrected chi connectivity index (χ4v) is 2.35. The lowest BCUT2D eigenvalue weighted by Crippen LogP contribution is -2.13. The molecule has 0 aromatic heterocycles. The predicted molar refractivity (Wildman–Crippen MR) is 80.5 cm³/mol. The Labute approximate surface area is 129 Å². The maximum atomic E-state index is 13.6. The van der Waals surface area contributed by atoms with Crippen molar-refractivity contribution in [3.8, 4) is 5.75 Å². The molecule has 0 aliphatic carbocycles. The topological polar surface area (TPSA) is 41.5 Å². The second-order valence-corrected chi connectivity index (χ2v) is 5.36. The standard InChI is InChI=1S/C15H14BrF2NO2/c1-21-12-5-9(16)4-11(7-12)19-8-15(20)13-3-2-10(17)6-14(13)18/h2-7,15,19-20H,8H2,1H3. The van der Waals surface area contributed by atoms with E-state index in [0.29, 0.717) is 11.4 Å². The fourth-order valence-electron chi connectivity index (χ4n) is 1.88. The largest absolute Gasteiger partial charge is 0.497 e. The molecule has 2 aromatic rings. The van der Waals surface area contributed by atoms with Crippen LogP contribution in [0.15, 0.2) is 40.9 Å². The first kappa shape index (κ1) is 15.7. The van der Waals surface area contributed by atoms with E-state index in [1.165, 1.54) is 6.07 Å². The molecule has 1 atom stereocenters. The summed E-state index contributed by atoms with van der Waals surface area (Å²) in [6.07, 6.45) is -1.09. The normalized spacial score (nSPS) is 12.0. The van der Waals surface area contributed by atoms with Crippen molar-refractivity contribution in [1.29, 1.82) is 0 Å². The van der Waals surface area contributed by atoms with Crippen LogP contribution in [-0.4, -0.2) is 18.8 Å². The second kappa shape index (κ2) is 6.87. The van der Waals surface area contributed by atoms with Gasteiger partial charge in [0.1, 0.15) is 17.4 Å². The van der Waals surface area contributed by atoms with Crippen LogP contribution in [0.3, 0.4) is 0 Å². The first-order valence-corrected chi connectivity index (χ1v) is 7.00. The summed E-state index contributed by atoms with van der Waals surface area (Å²) in [5.74, 6) is -0.793. The molecule has 0 fully saturated rings. The first-order valence-electron chi connectivity index (χ1n) is 6.21. The van der Waals surface area contributed by atoms with Crippen molar-refractivity contribution in [3.63, 3.8) is 0 Å². The van der Waals surface area contributed by atoms with Gasteiger partial charge in [-0.2, -0.15) is 0 Å². The molecule has 0 aliphatic rings. The number of anilines is 1. The quantitative estimate of drug-likeness (QED) is 0.853. The number of benzene rings is 2. The van der Waals surface area contributed by atoms with Crippen molar-refractivity contribution in [2.45, 2.75) is 6.10 Å². The molecule has 0 spiro atoms. The van der Waals surface area contributed by atoms with Gasteiger partial charge in [0.05, 0.1) is 13.2 Å². The number of ether oxygens (including phenoxy) is 1. The molecule has 3 nitrogen and oxygen atoms in total. The van der Waals surface area contributed by atoms with Crippen LogP contribution in [0.5, 0.6) is 5.75 Å². The molecule has 21 heavy (non-hydrogen) atoms. The first-order chi connectivity index (χ1) is 9.99. The Morgan fingerprint density at radius 1 is 1.24 bits per heavy atom. The lowest BCUT2D eigenvalue weighted by Gasteiger charge is -2.15. The molecule has 2 aromatic carbocycles. The molecule has 0 saturated carbocycles. The van der Waals surface area contributed by atoms with Crippen molar-refractivity contribution >= 4 is 21.6 Å². The average molecular weight is 358 g/mol. The summed E-state index contributed by atoms with van der Waals surface area (Å²) in [5.41, 5.74) is 0.758. The van der Waals surface area contributed by atoms with Crippen molar-refractivity contribution in [2.24, 2.45) is 0 Å². The monoisotopic (exact) mass is 357 g/mol. The van der Waals surface area contributed by atoms with E-state index in [9.17, 15) is 13.9 Å². The minimum Gasteiger partial charge on any atom is -0.497 e. The summed E-state index contributed by atoms with van der Waals surface area (Å²) in [4.78, 5) is 0. The third-order valence-electron chi connectivity index (χ3n) is 2.93. The van der Waals surface area contributed by atoms with Crippen LogP contribution >= 0.6 is 15.9 Å². The number of hydrogen-bond donors (Lipinski definition) is 2. The highest BCUT2D eigenvalue weighted by Gasteiger charge is 2.13. The molecule has 112 valence electrons. The Kier molecular flexibility index (Phi) is 5.14. The van der Waals surface area contributed by atoms with E-state index in [0.717, 1.165) is 16.6 Å². The SMILES string of the molecule is COc1cc(Br)cc(NCC(O)c2ccc(F)cc2F)c1. The van der Waals surface area contributed by atoms with Crippen molar-refractivity contribution in [3.05, 3.63) is 58.1 Å². The van der Waals surface area contributed by atoms with Gasteiger partial charge in [0.2, 0.25) is 0 Å². The Bertz CT molecular complexity index is 637. The van der Waals surface area contributed by atoms with Gasteiger partial charge in [0.15, 0.2) is 0 Å². The fraction of sp³-hybridized carbons (Fsp3) is 0.200. The molecule has 1 unspecified atom stereocenters. The molecule has 2 N–H and O–H groups in total. The minimum atomic E-state index is -1.09. The van der Waals surface area contributed by atoms with Crippen LogP contribution in [0, 0.1) is 11.6 Å². The number of methoxy groups -OCH3 is 1. The predicted octanol–water partition coefficient (Wildman–Crippen LogP) is 3.88. The van der Waals surface area contributed by atoms with E-state index in [4.69, 9.17) is 4.74 Å². The van der Waals surface area contributed by atoms with Gasteiger partial charge >= 0.3 is 0 Å². The van der Waals surface area contributed by atoms with Crippen molar-refractivity contribution in [1.82, 2.24) is 0 Å². The Balaban J connectivity index is 2.07. The number of rotatable bonds is 5. The number of halogens is 3. The molecular weight excluding hydrogens is 344 g/mol. The minimum absolute atomic E-state index is 0.0471. The maximum absolute atomic E-state index is 13.6. The number of aliphatic hydroxyl groups is 1. The van der Waals surface area contributed by atoms with E-state index in [1.54, 1.807) is 25.3 Å². The van der Waals surface area contributed by atoms with E-state index >= 15 is 0 Å². The highest BCUT2D eigenvalue weighted by Crippen LogP contribution is 2.25. The van der Waals surface area contributed by atoms with E-state index < -0.39 is 17.7 Å². The molecule has 0 radical (unpaired) electrons. The molecule has 0 aliphatic heterocycles. The highest BCUT2D eigenvalue weighted by atomic mass is 79.9. The molecule has 0 bridgehead atoms. The van der Waals surface area contributed by atoms with Crippen molar-refractivity contribution < 1.29 is 18.6 Å². The van der Waals surface area contributed by atoms with Gasteiger partial charge in [-0.15, -0.1) is 0 Å². The van der Waals surface area contributed by atoms with Crippen LogP contribution in [0.4, 0.5) is 14.5 Å². The zero-order chi connectivity index (χ0) is 15.4. The lowest BCUT2D eigenvalue weighted by molar-refractivity contribution is 0.186. The zero-order valence-corrected chi connectivity index (χ0v) is 12.8. The molecule has 6 heteroatoms. The van der Waals surface area contributed by atoms with Crippen LogP contribution in [0.1, 0.15) is 11.7 Å². The molecule has 0 heterocycles. The Morgan fingerprint density at radius 2 is 2.00 bits per heavy atom. The van der Waals surface area contributed by atoms with Crippen LogP contribution in [0.2, 0.25) is 0 Å². The van der Waals surface area contributed by atoms with Crippen LogP contribution < -0.4 is 10.1 Å². The highest BCUT2D eigenvalue weighted by molar-refractivity contribution is 9.10. The van der Waals surface area contributed by atoms with Gasteiger partial charge in [-0.25, -0.2) is 8.78 Å². The zero-order valence-electron chi connectivity index (χ0n) is 11.2. The summed E-state index contributed by atoms with van der Waals surface area (Å²) in [7, 11) is 1.55. The number of hydrogen-bond acceptors (Lipinski definition) is 3. The van der Waals surface area contributed by atoms with Gasteiger partial charge < -0.3 is 15.2 Å². The Hall–Kier alpha value is -1.66. The van der Waals surface area contributed by atoms with Crippen LogP contribution in [-0.2, 0) is 0 Å². The van der Waals surface area contributed by atoms with Gasteiger partial charge in [-0.3, -0.25) is 0 Å². The van der Waals surface area contributed by atoms with Gasteiger partial charge in [0, 0.05) is 34.4 Å². The van der Waals surface area contributed by atoms with Crippen molar-refractivity contribution in [2.75, 3.05) is 19.0 Å².